The molecule has 0 bridgehead atoms. The molecule has 3 aromatic rings. The van der Waals surface area contributed by atoms with Gasteiger partial charge >= 0.3 is 0 Å². The van der Waals surface area contributed by atoms with E-state index in [1.807, 2.05) is 43.4 Å². The molecule has 0 fully saturated rings. The fourth-order valence-electron chi connectivity index (χ4n) is 2.12. The van der Waals surface area contributed by atoms with Crippen molar-refractivity contribution in [1.29, 1.82) is 0 Å². The standard InChI is InChI=1S/C19H16N2O2/c1-21-16(13-14-20-21)9-12-19(22)15-7-10-18(11-8-15)23-17-5-3-2-4-6-17/h2-14H,1H3/b12-9+. The van der Waals surface area contributed by atoms with Gasteiger partial charge in [-0.05, 0) is 54.6 Å². The topological polar surface area (TPSA) is 44.1 Å². The molecule has 1 aromatic heterocycles. The summed E-state index contributed by atoms with van der Waals surface area (Å²) in [6.45, 7) is 0. The van der Waals surface area contributed by atoms with Crippen LogP contribution in [0.3, 0.4) is 0 Å². The molecular weight excluding hydrogens is 288 g/mol. The van der Waals surface area contributed by atoms with E-state index in [2.05, 4.69) is 5.10 Å². The van der Waals surface area contributed by atoms with Crippen LogP contribution in [0.25, 0.3) is 6.08 Å². The maximum atomic E-state index is 12.2. The summed E-state index contributed by atoms with van der Waals surface area (Å²) < 4.78 is 7.42. The summed E-state index contributed by atoms with van der Waals surface area (Å²) in [5, 5.41) is 4.06. The molecule has 0 N–H and O–H groups in total. The second-order valence-electron chi connectivity index (χ2n) is 5.02. The van der Waals surface area contributed by atoms with Crippen LogP contribution in [0.15, 0.2) is 72.9 Å². The zero-order valence-corrected chi connectivity index (χ0v) is 12.7. The molecule has 0 unspecified atom stereocenters. The van der Waals surface area contributed by atoms with E-state index < -0.39 is 0 Å². The Morgan fingerprint density at radius 3 is 2.35 bits per heavy atom. The molecular formula is C19H16N2O2. The minimum absolute atomic E-state index is 0.0579. The van der Waals surface area contributed by atoms with Gasteiger partial charge in [0, 0.05) is 18.8 Å². The highest BCUT2D eigenvalue weighted by molar-refractivity contribution is 6.06. The van der Waals surface area contributed by atoms with Gasteiger partial charge in [0.1, 0.15) is 11.5 Å². The smallest absolute Gasteiger partial charge is 0.185 e. The van der Waals surface area contributed by atoms with Crippen LogP contribution in [-0.4, -0.2) is 15.6 Å². The van der Waals surface area contributed by atoms with E-state index in [0.29, 0.717) is 11.3 Å². The van der Waals surface area contributed by atoms with Crippen molar-refractivity contribution in [2.24, 2.45) is 7.05 Å². The molecule has 0 atom stereocenters. The van der Waals surface area contributed by atoms with Crippen molar-refractivity contribution in [3.63, 3.8) is 0 Å². The predicted octanol–water partition coefficient (Wildman–Crippen LogP) is 4.11. The van der Waals surface area contributed by atoms with Gasteiger partial charge in [-0.25, -0.2) is 0 Å². The lowest BCUT2D eigenvalue weighted by atomic mass is 10.1. The summed E-state index contributed by atoms with van der Waals surface area (Å²) in [6.07, 6.45) is 4.99. The molecule has 0 saturated carbocycles. The second-order valence-corrected chi connectivity index (χ2v) is 5.02. The molecule has 4 heteroatoms. The van der Waals surface area contributed by atoms with E-state index in [1.165, 1.54) is 0 Å². The number of benzene rings is 2. The Balaban J connectivity index is 1.68. The number of aryl methyl sites for hydroxylation is 1. The Hall–Kier alpha value is -3.14. The highest BCUT2D eigenvalue weighted by Crippen LogP contribution is 2.21. The summed E-state index contributed by atoms with van der Waals surface area (Å²) in [4.78, 5) is 12.2. The van der Waals surface area contributed by atoms with Crippen molar-refractivity contribution >= 4 is 11.9 Å². The summed E-state index contributed by atoms with van der Waals surface area (Å²) in [5.41, 5.74) is 1.49. The molecule has 0 spiro atoms. The van der Waals surface area contributed by atoms with E-state index in [4.69, 9.17) is 4.74 Å². The van der Waals surface area contributed by atoms with Crippen LogP contribution in [0.1, 0.15) is 16.1 Å². The van der Waals surface area contributed by atoms with Crippen molar-refractivity contribution < 1.29 is 9.53 Å². The number of hydrogen-bond acceptors (Lipinski definition) is 3. The first-order chi connectivity index (χ1) is 11.2. The number of carbonyl (C=O) groups is 1. The van der Waals surface area contributed by atoms with Crippen molar-refractivity contribution in [1.82, 2.24) is 9.78 Å². The Morgan fingerprint density at radius 2 is 1.70 bits per heavy atom. The van der Waals surface area contributed by atoms with Gasteiger partial charge in [0.25, 0.3) is 0 Å². The van der Waals surface area contributed by atoms with E-state index in [9.17, 15) is 4.79 Å². The Labute approximate surface area is 134 Å². The number of allylic oxidation sites excluding steroid dienone is 1. The van der Waals surface area contributed by atoms with Gasteiger partial charge in [-0.15, -0.1) is 0 Å². The molecule has 0 radical (unpaired) electrons. The normalized spacial score (nSPS) is 10.8. The summed E-state index contributed by atoms with van der Waals surface area (Å²) in [5.74, 6) is 1.41. The van der Waals surface area contributed by atoms with Crippen molar-refractivity contribution in [2.45, 2.75) is 0 Å². The first kappa shape index (κ1) is 14.8. The lowest BCUT2D eigenvalue weighted by molar-refractivity contribution is 0.104. The maximum Gasteiger partial charge on any atom is 0.185 e. The van der Waals surface area contributed by atoms with Gasteiger partial charge < -0.3 is 4.74 Å². The highest BCUT2D eigenvalue weighted by Gasteiger charge is 2.03. The first-order valence-electron chi connectivity index (χ1n) is 7.26. The third-order valence-electron chi connectivity index (χ3n) is 3.38. The summed E-state index contributed by atoms with van der Waals surface area (Å²) in [7, 11) is 1.83. The fraction of sp³-hybridized carbons (Fsp3) is 0.0526. The molecule has 114 valence electrons. The summed E-state index contributed by atoms with van der Waals surface area (Å²) >= 11 is 0. The Morgan fingerprint density at radius 1 is 1.00 bits per heavy atom. The fourth-order valence-corrected chi connectivity index (χ4v) is 2.12. The molecule has 23 heavy (non-hydrogen) atoms. The lowest BCUT2D eigenvalue weighted by Crippen LogP contribution is -1.96. The molecule has 0 amide bonds. The molecule has 2 aromatic carbocycles. The average Bonchev–Trinajstić information content (AvgIpc) is 2.99. The number of hydrogen-bond donors (Lipinski definition) is 0. The predicted molar refractivity (Wildman–Crippen MR) is 89.5 cm³/mol. The Kier molecular flexibility index (Phi) is 4.34. The Bertz CT molecular complexity index is 818. The third kappa shape index (κ3) is 3.74. The van der Waals surface area contributed by atoms with Crippen molar-refractivity contribution in [2.75, 3.05) is 0 Å². The van der Waals surface area contributed by atoms with Crippen molar-refractivity contribution in [3.8, 4) is 11.5 Å². The van der Waals surface area contributed by atoms with Crippen LogP contribution in [0.4, 0.5) is 0 Å². The molecule has 0 aliphatic carbocycles. The number of para-hydroxylation sites is 1. The molecule has 0 aliphatic rings. The number of carbonyl (C=O) groups excluding carboxylic acids is 1. The van der Waals surface area contributed by atoms with Gasteiger partial charge in [-0.2, -0.15) is 5.10 Å². The van der Waals surface area contributed by atoms with Crippen LogP contribution in [0.2, 0.25) is 0 Å². The number of ether oxygens (including phenoxy) is 1. The SMILES string of the molecule is Cn1nccc1/C=C/C(=O)c1ccc(Oc2ccccc2)cc1. The van der Waals surface area contributed by atoms with E-state index >= 15 is 0 Å². The molecule has 3 rings (SSSR count). The average molecular weight is 304 g/mol. The van der Waals surface area contributed by atoms with E-state index in [-0.39, 0.29) is 5.78 Å². The molecule has 0 aliphatic heterocycles. The van der Waals surface area contributed by atoms with Crippen LogP contribution in [-0.2, 0) is 7.05 Å². The highest BCUT2D eigenvalue weighted by atomic mass is 16.5. The minimum atomic E-state index is -0.0579. The maximum absolute atomic E-state index is 12.2. The molecule has 0 saturated heterocycles. The largest absolute Gasteiger partial charge is 0.457 e. The first-order valence-corrected chi connectivity index (χ1v) is 7.26. The van der Waals surface area contributed by atoms with E-state index in [0.717, 1.165) is 11.4 Å². The quantitative estimate of drug-likeness (QED) is 0.526. The van der Waals surface area contributed by atoms with Crippen LogP contribution >= 0.6 is 0 Å². The zero-order valence-electron chi connectivity index (χ0n) is 12.7. The number of aromatic nitrogens is 2. The van der Waals surface area contributed by atoms with Gasteiger partial charge in [-0.1, -0.05) is 18.2 Å². The molecule has 4 nitrogen and oxygen atoms in total. The van der Waals surface area contributed by atoms with Gasteiger partial charge in [0.05, 0.1) is 5.69 Å². The summed E-state index contributed by atoms with van der Waals surface area (Å²) in [6, 6.07) is 18.5. The third-order valence-corrected chi connectivity index (χ3v) is 3.38. The van der Waals surface area contributed by atoms with Gasteiger partial charge in [0.15, 0.2) is 5.78 Å². The number of rotatable bonds is 5. The minimum Gasteiger partial charge on any atom is -0.457 e. The zero-order chi connectivity index (χ0) is 16.1. The molecule has 1 heterocycles. The van der Waals surface area contributed by atoms with Crippen molar-refractivity contribution in [3.05, 3.63) is 84.2 Å². The van der Waals surface area contributed by atoms with Gasteiger partial charge in [-0.3, -0.25) is 9.48 Å². The monoisotopic (exact) mass is 304 g/mol. The van der Waals surface area contributed by atoms with Crippen LogP contribution < -0.4 is 4.74 Å². The van der Waals surface area contributed by atoms with Gasteiger partial charge in [0.2, 0.25) is 0 Å². The van der Waals surface area contributed by atoms with Crippen LogP contribution in [0, 0.1) is 0 Å². The van der Waals surface area contributed by atoms with E-state index in [1.54, 1.807) is 47.3 Å². The number of ketones is 1. The lowest BCUT2D eigenvalue weighted by Gasteiger charge is -2.05. The second kappa shape index (κ2) is 6.75. The number of nitrogens with zero attached hydrogens (tertiary/aromatic N) is 2. The van der Waals surface area contributed by atoms with Crippen LogP contribution in [0.5, 0.6) is 11.5 Å².